The Bertz CT molecular complexity index is 291. The third-order valence-electron chi connectivity index (χ3n) is 4.52. The van der Waals surface area contributed by atoms with Crippen molar-refractivity contribution in [2.75, 3.05) is 6.54 Å². The van der Waals surface area contributed by atoms with Crippen LogP contribution in [0.25, 0.3) is 0 Å². The maximum Gasteiger partial charge on any atom is 0.220 e. The third kappa shape index (κ3) is 6.23. The topological polar surface area (TPSA) is 75.4 Å². The number of carbonyl (C=O) groups is 1. The summed E-state index contributed by atoms with van der Waals surface area (Å²) in [6, 6.07) is 0.258. The van der Waals surface area contributed by atoms with Crippen LogP contribution in [0.4, 0.5) is 0 Å². The molecule has 0 radical (unpaired) electrons. The van der Waals surface area contributed by atoms with Crippen molar-refractivity contribution in [2.24, 2.45) is 17.1 Å². The molecule has 20 heavy (non-hydrogen) atoms. The highest BCUT2D eigenvalue weighted by atomic mass is 16.3. The van der Waals surface area contributed by atoms with E-state index in [4.69, 9.17) is 5.73 Å². The van der Waals surface area contributed by atoms with Crippen molar-refractivity contribution in [2.45, 2.75) is 77.9 Å². The van der Waals surface area contributed by atoms with Crippen LogP contribution in [0.1, 0.15) is 65.7 Å². The molecule has 4 N–H and O–H groups in total. The molecule has 0 saturated heterocycles. The van der Waals surface area contributed by atoms with Crippen molar-refractivity contribution in [1.29, 1.82) is 0 Å². The van der Waals surface area contributed by atoms with Crippen LogP contribution >= 0.6 is 0 Å². The van der Waals surface area contributed by atoms with Crippen LogP contribution in [-0.4, -0.2) is 29.7 Å². The summed E-state index contributed by atoms with van der Waals surface area (Å²) < 4.78 is 0. The van der Waals surface area contributed by atoms with Gasteiger partial charge in [0.2, 0.25) is 5.91 Å². The largest absolute Gasteiger partial charge is 0.393 e. The van der Waals surface area contributed by atoms with Crippen LogP contribution in [0.2, 0.25) is 0 Å². The number of aliphatic hydroxyl groups excluding tert-OH is 1. The molecule has 1 atom stereocenters. The fourth-order valence-electron chi connectivity index (χ4n) is 3.04. The molecule has 0 aromatic rings. The molecule has 0 aromatic heterocycles. The number of nitrogens with one attached hydrogen (secondary N) is 1. The molecule has 0 heterocycles. The molecule has 1 unspecified atom stereocenters. The lowest BCUT2D eigenvalue weighted by Crippen LogP contribution is -2.39. The average molecular weight is 284 g/mol. The van der Waals surface area contributed by atoms with Crippen molar-refractivity contribution in [3.05, 3.63) is 0 Å². The molecule has 0 aromatic carbocycles. The van der Waals surface area contributed by atoms with Gasteiger partial charge in [0.05, 0.1) is 6.10 Å². The summed E-state index contributed by atoms with van der Waals surface area (Å²) in [5.74, 6) is 0.643. The van der Waals surface area contributed by atoms with Gasteiger partial charge >= 0.3 is 0 Å². The first-order valence-corrected chi connectivity index (χ1v) is 8.00. The summed E-state index contributed by atoms with van der Waals surface area (Å²) in [5, 5.41) is 12.6. The van der Waals surface area contributed by atoms with E-state index >= 15 is 0 Å². The lowest BCUT2D eigenvalue weighted by molar-refractivity contribution is -0.122. The predicted octanol–water partition coefficient (Wildman–Crippen LogP) is 2.20. The van der Waals surface area contributed by atoms with E-state index in [2.05, 4.69) is 26.1 Å². The first kappa shape index (κ1) is 17.4. The Hall–Kier alpha value is -0.610. The molecule has 4 heteroatoms. The van der Waals surface area contributed by atoms with Crippen LogP contribution in [0, 0.1) is 11.3 Å². The number of carbonyl (C=O) groups excluding carboxylic acids is 1. The third-order valence-corrected chi connectivity index (χ3v) is 4.52. The van der Waals surface area contributed by atoms with E-state index in [0.717, 1.165) is 38.5 Å². The van der Waals surface area contributed by atoms with Crippen LogP contribution in [0.5, 0.6) is 0 Å². The Balaban J connectivity index is 2.31. The second-order valence-electron chi connectivity index (χ2n) is 7.25. The number of nitrogens with two attached hydrogens (primary N) is 1. The molecule has 1 aliphatic carbocycles. The van der Waals surface area contributed by atoms with E-state index in [0.29, 0.717) is 18.9 Å². The van der Waals surface area contributed by atoms with Crippen LogP contribution in [-0.2, 0) is 4.79 Å². The summed E-state index contributed by atoms with van der Waals surface area (Å²) in [4.78, 5) is 12.0. The van der Waals surface area contributed by atoms with Gasteiger partial charge in [0.25, 0.3) is 0 Å². The SMILES string of the molecule is CC(C)(C)C(CCN)CCC(=O)NC1CCC(O)CC1. The molecular weight excluding hydrogens is 252 g/mol. The van der Waals surface area contributed by atoms with Gasteiger partial charge in [0.1, 0.15) is 0 Å². The quantitative estimate of drug-likeness (QED) is 0.700. The summed E-state index contributed by atoms with van der Waals surface area (Å²) in [6.45, 7) is 7.33. The maximum absolute atomic E-state index is 12.0. The molecule has 0 spiro atoms. The average Bonchev–Trinajstić information content (AvgIpc) is 2.36. The van der Waals surface area contributed by atoms with Gasteiger partial charge in [0, 0.05) is 12.5 Å². The van der Waals surface area contributed by atoms with E-state index in [1.54, 1.807) is 0 Å². The van der Waals surface area contributed by atoms with Gasteiger partial charge in [-0.15, -0.1) is 0 Å². The lowest BCUT2D eigenvalue weighted by atomic mass is 9.76. The van der Waals surface area contributed by atoms with Crippen molar-refractivity contribution in [1.82, 2.24) is 5.32 Å². The van der Waals surface area contributed by atoms with Gasteiger partial charge in [-0.1, -0.05) is 20.8 Å². The second-order valence-corrected chi connectivity index (χ2v) is 7.25. The summed E-state index contributed by atoms with van der Waals surface area (Å²) in [7, 11) is 0. The van der Waals surface area contributed by atoms with Crippen molar-refractivity contribution in [3.63, 3.8) is 0 Å². The maximum atomic E-state index is 12.0. The zero-order valence-corrected chi connectivity index (χ0v) is 13.3. The minimum atomic E-state index is -0.169. The molecule has 1 amide bonds. The zero-order chi connectivity index (χ0) is 15.2. The van der Waals surface area contributed by atoms with E-state index < -0.39 is 0 Å². The Morgan fingerprint density at radius 3 is 2.35 bits per heavy atom. The zero-order valence-electron chi connectivity index (χ0n) is 13.3. The van der Waals surface area contributed by atoms with E-state index in [9.17, 15) is 9.90 Å². The summed E-state index contributed by atoms with van der Waals surface area (Å²) in [6.07, 6.45) is 5.72. The summed E-state index contributed by atoms with van der Waals surface area (Å²) in [5.41, 5.74) is 5.87. The number of amides is 1. The van der Waals surface area contributed by atoms with Crippen LogP contribution in [0.3, 0.4) is 0 Å². The lowest BCUT2D eigenvalue weighted by Gasteiger charge is -2.31. The van der Waals surface area contributed by atoms with E-state index in [-0.39, 0.29) is 23.5 Å². The molecular formula is C16H32N2O2. The van der Waals surface area contributed by atoms with Crippen LogP contribution in [0.15, 0.2) is 0 Å². The smallest absolute Gasteiger partial charge is 0.220 e. The first-order valence-electron chi connectivity index (χ1n) is 8.00. The standard InChI is InChI=1S/C16H32N2O2/c1-16(2,3)12(10-11-17)4-9-15(20)18-13-5-7-14(19)8-6-13/h12-14,19H,4-11,17H2,1-3H3,(H,18,20). The van der Waals surface area contributed by atoms with Gasteiger partial charge in [-0.2, -0.15) is 0 Å². The van der Waals surface area contributed by atoms with E-state index in [1.165, 1.54) is 0 Å². The Morgan fingerprint density at radius 1 is 1.25 bits per heavy atom. The fourth-order valence-corrected chi connectivity index (χ4v) is 3.04. The summed E-state index contributed by atoms with van der Waals surface area (Å²) >= 11 is 0. The number of hydrogen-bond acceptors (Lipinski definition) is 3. The highest BCUT2D eigenvalue weighted by Gasteiger charge is 2.25. The second kappa shape index (κ2) is 7.99. The minimum absolute atomic E-state index is 0.151. The number of rotatable bonds is 6. The monoisotopic (exact) mass is 284 g/mol. The molecule has 4 nitrogen and oxygen atoms in total. The van der Waals surface area contributed by atoms with Gasteiger partial charge < -0.3 is 16.2 Å². The van der Waals surface area contributed by atoms with Gasteiger partial charge in [0.15, 0.2) is 0 Å². The molecule has 1 rings (SSSR count). The van der Waals surface area contributed by atoms with Gasteiger partial charge in [-0.3, -0.25) is 4.79 Å². The molecule has 1 fully saturated rings. The number of hydrogen-bond donors (Lipinski definition) is 3. The van der Waals surface area contributed by atoms with Gasteiger partial charge in [-0.25, -0.2) is 0 Å². The first-order chi connectivity index (χ1) is 9.32. The predicted molar refractivity (Wildman–Crippen MR) is 82.3 cm³/mol. The van der Waals surface area contributed by atoms with Crippen molar-refractivity contribution >= 4 is 5.91 Å². The highest BCUT2D eigenvalue weighted by molar-refractivity contribution is 5.76. The molecule has 1 saturated carbocycles. The Labute approximate surface area is 123 Å². The van der Waals surface area contributed by atoms with E-state index in [1.807, 2.05) is 0 Å². The normalized spacial score (nSPS) is 25.2. The van der Waals surface area contributed by atoms with Gasteiger partial charge in [-0.05, 0) is 56.4 Å². The molecule has 118 valence electrons. The molecule has 0 aliphatic heterocycles. The highest BCUT2D eigenvalue weighted by Crippen LogP contribution is 2.32. The van der Waals surface area contributed by atoms with Crippen molar-refractivity contribution < 1.29 is 9.90 Å². The fraction of sp³-hybridized carbons (Fsp3) is 0.938. The van der Waals surface area contributed by atoms with Crippen LogP contribution < -0.4 is 11.1 Å². The molecule has 1 aliphatic rings. The number of aliphatic hydroxyl groups is 1. The minimum Gasteiger partial charge on any atom is -0.393 e. The van der Waals surface area contributed by atoms with Crippen molar-refractivity contribution in [3.8, 4) is 0 Å². The Morgan fingerprint density at radius 2 is 1.85 bits per heavy atom. The Kier molecular flexibility index (Phi) is 6.96. The molecule has 0 bridgehead atoms.